The number of benzene rings is 6. The summed E-state index contributed by atoms with van der Waals surface area (Å²) in [5.41, 5.74) is 4.09. The van der Waals surface area contributed by atoms with Crippen LogP contribution in [0.2, 0.25) is 15.1 Å². The first-order valence-electron chi connectivity index (χ1n) is 45.3. The zero-order chi connectivity index (χ0) is 91.7. The summed E-state index contributed by atoms with van der Waals surface area (Å²) in [6, 6.07) is 64.4. The highest BCUT2D eigenvalue weighted by atomic mass is 79.9. The second kappa shape index (κ2) is 44.4. The summed E-state index contributed by atoms with van der Waals surface area (Å²) in [4.78, 5) is 26.2. The van der Waals surface area contributed by atoms with Gasteiger partial charge in [-0.3, -0.25) is 9.36 Å². The Morgan fingerprint density at radius 1 is 0.641 bits per heavy atom. The number of nitrogens with zero attached hydrogens (tertiary/aromatic N) is 2. The zero-order valence-corrected chi connectivity index (χ0v) is 83.7. The third-order valence-corrected chi connectivity index (χ3v) is 43.4. The number of ether oxygens (including phenoxy) is 8. The molecule has 0 saturated carbocycles. The molecule has 15 atom stereocenters. The predicted molar refractivity (Wildman–Crippen MR) is 520 cm³/mol. The largest absolute Gasteiger partial charge is 0.461 e. The number of rotatable bonds is 38. The van der Waals surface area contributed by atoms with E-state index in [-0.39, 0.29) is 64.1 Å². The van der Waals surface area contributed by atoms with E-state index in [1.54, 1.807) is 33.9 Å². The Morgan fingerprint density at radius 2 is 1.19 bits per heavy atom. The molecule has 688 valence electrons. The molecule has 0 bridgehead atoms. The number of carbonyl (C=O) groups is 1. The smallest absolute Gasteiger partial charge is 0.341 e. The summed E-state index contributed by atoms with van der Waals surface area (Å²) in [6.07, 6.45) is 18.0. The van der Waals surface area contributed by atoms with E-state index in [1.165, 1.54) is 35.0 Å². The highest BCUT2D eigenvalue weighted by molar-refractivity contribution is 9.11. The minimum atomic E-state index is -3.81. The van der Waals surface area contributed by atoms with Crippen molar-refractivity contribution in [1.29, 1.82) is 0 Å². The van der Waals surface area contributed by atoms with Gasteiger partial charge in [-0.05, 0) is 121 Å². The maximum absolute atomic E-state index is 14.0. The molecule has 19 nitrogen and oxygen atoms in total. The molecule has 0 radical (unpaired) electrons. The first-order chi connectivity index (χ1) is 61.2. The molecule has 12 rings (SSSR count). The van der Waals surface area contributed by atoms with E-state index in [0.717, 1.165) is 33.5 Å². The number of allylic oxidation sites excluding steroid dienone is 2. The molecular weight excluding hydrogens is 1740 g/mol. The third kappa shape index (κ3) is 23.8. The van der Waals surface area contributed by atoms with Crippen LogP contribution in [-0.4, -0.2) is 162 Å². The van der Waals surface area contributed by atoms with Gasteiger partial charge in [-0.15, -0.1) is 0 Å². The normalized spacial score (nSPS) is 24.6. The van der Waals surface area contributed by atoms with Gasteiger partial charge in [0.15, 0.2) is 11.7 Å². The molecule has 0 unspecified atom stereocenters. The van der Waals surface area contributed by atoms with Crippen molar-refractivity contribution in [3.05, 3.63) is 276 Å². The van der Waals surface area contributed by atoms with Gasteiger partial charge in [-0.2, -0.15) is 0 Å². The summed E-state index contributed by atoms with van der Waals surface area (Å²) < 4.78 is 115. The Hall–Kier alpha value is -7.47. The van der Waals surface area contributed by atoms with Gasteiger partial charge in [-0.25, -0.2) is 9.97 Å². The number of carbonyl (C=O) groups excluding carboxylic acids is 1. The number of hydrogen-bond acceptors (Lipinski definition) is 19. The van der Waals surface area contributed by atoms with Crippen LogP contribution >= 0.6 is 23.5 Å². The molecule has 0 spiro atoms. The molecular formula is C104H136BrN2O17PSi3. The van der Waals surface area contributed by atoms with E-state index in [1.807, 2.05) is 62.2 Å². The van der Waals surface area contributed by atoms with Gasteiger partial charge in [0.05, 0.1) is 67.5 Å². The van der Waals surface area contributed by atoms with Gasteiger partial charge in [-0.1, -0.05) is 322 Å². The van der Waals surface area contributed by atoms with Gasteiger partial charge < -0.3 is 69.1 Å². The molecule has 0 N–H and O–H groups in total. The summed E-state index contributed by atoms with van der Waals surface area (Å²) in [5.74, 6) is -2.03. The molecule has 4 aliphatic heterocycles. The Bertz CT molecular complexity index is 4930. The first-order valence-corrected chi connectivity index (χ1v) is 53.6. The van der Waals surface area contributed by atoms with Crippen molar-refractivity contribution < 1.29 is 78.4 Å². The standard InChI is InChI=1S/C104H136BrN2O17PSi3/c1-73(55-56-79(110-15)40-39-58-105)62-95(124-128(103(12,13)14,89-49-34-24-35-50-89)90-51-36-25-37-52-90)94-67-84(111-16)68-104(112-17,122-94)69-97-106-78(70-115-97)63-75(3)99-77(5)100(121-98(108)72-125(109,113-18)114-19)76(4)92(120-99)53-38-54-96-107-91(71-116-96)93-66-83(123-127(102(9,10)11,87-45-30-22-31-46-87)88-47-32-23-33-48-88)65-82(119-93)64-81-61-74(2)60-80(118-81)57-59-117-126(101(6,7)8,85-41-26-20-27-42-85)86-43-28-21-29-44-86/h20-39,41-52,54-56,58,62-63,70-71,76-77,79-84,92-95,99-100H,2,40,53,57,59-61,64-69,72H2,1,3-19H3/b54-38+,56-55+,58-39+,73-62+,75-63+/t76-,77-,79+,80-,81+,82+,83+,84+,92+,93+,94+,95+,99-,100-,104-/m0/s1. The lowest BCUT2D eigenvalue weighted by Crippen LogP contribution is -2.69. The van der Waals surface area contributed by atoms with Gasteiger partial charge in [0.2, 0.25) is 5.89 Å². The lowest BCUT2D eigenvalue weighted by Gasteiger charge is -2.49. The van der Waals surface area contributed by atoms with E-state index in [0.29, 0.717) is 87.6 Å². The van der Waals surface area contributed by atoms with Gasteiger partial charge in [0.25, 0.3) is 25.0 Å². The fraction of sp³-hybridized carbons (Fsp3) is 0.471. The van der Waals surface area contributed by atoms with E-state index in [4.69, 9.17) is 79.0 Å². The second-order valence-electron chi connectivity index (χ2n) is 38.0. The van der Waals surface area contributed by atoms with Crippen LogP contribution in [-0.2, 0) is 76.0 Å². The van der Waals surface area contributed by atoms with Crippen LogP contribution in [0.1, 0.15) is 183 Å². The minimum Gasteiger partial charge on any atom is -0.461 e. The maximum Gasteiger partial charge on any atom is 0.341 e. The number of esters is 1. The molecule has 2 aromatic heterocycles. The molecule has 6 heterocycles. The Balaban J connectivity index is 0.801. The lowest BCUT2D eigenvalue weighted by molar-refractivity contribution is -0.297. The quantitative estimate of drug-likeness (QED) is 0.0116. The first kappa shape index (κ1) is 99.5. The van der Waals surface area contributed by atoms with Crippen molar-refractivity contribution in [2.75, 3.05) is 48.3 Å². The van der Waals surface area contributed by atoms with Crippen molar-refractivity contribution in [2.45, 2.75) is 255 Å². The molecule has 24 heteroatoms. The number of halogens is 1. The van der Waals surface area contributed by atoms with E-state index in [2.05, 4.69) is 280 Å². The van der Waals surface area contributed by atoms with Gasteiger partial charge >= 0.3 is 13.6 Å². The van der Waals surface area contributed by atoms with Crippen LogP contribution in [0.25, 0.3) is 12.2 Å². The van der Waals surface area contributed by atoms with Crippen LogP contribution in [0.15, 0.2) is 262 Å². The summed E-state index contributed by atoms with van der Waals surface area (Å²) in [7, 11) is -5.32. The second-order valence-corrected chi connectivity index (χ2v) is 53.6. The minimum absolute atomic E-state index is 0.101. The van der Waals surface area contributed by atoms with Crippen LogP contribution in [0.4, 0.5) is 0 Å². The van der Waals surface area contributed by atoms with Crippen molar-refractivity contribution in [1.82, 2.24) is 9.97 Å². The number of oxazole rings is 2. The molecule has 128 heavy (non-hydrogen) atoms. The molecule has 8 aromatic rings. The average Bonchev–Trinajstić information content (AvgIpc) is 0.912. The monoisotopic (exact) mass is 1880 g/mol. The number of hydrogen-bond donors (Lipinski definition) is 0. The Kier molecular flexibility index (Phi) is 34.5. The molecule has 4 saturated heterocycles. The molecule has 4 fully saturated rings. The van der Waals surface area contributed by atoms with Crippen molar-refractivity contribution in [2.24, 2.45) is 11.8 Å². The van der Waals surface area contributed by atoms with E-state index < -0.39 is 93.0 Å². The highest BCUT2D eigenvalue weighted by Crippen LogP contribution is 2.49. The van der Waals surface area contributed by atoms with Crippen molar-refractivity contribution >= 4 is 97.7 Å². The van der Waals surface area contributed by atoms with E-state index in [9.17, 15) is 9.36 Å². The van der Waals surface area contributed by atoms with Crippen LogP contribution in [0, 0.1) is 11.8 Å². The average molecular weight is 1880 g/mol. The molecule has 0 aliphatic carbocycles. The van der Waals surface area contributed by atoms with Crippen molar-refractivity contribution in [3.8, 4) is 0 Å². The van der Waals surface area contributed by atoms with Crippen LogP contribution in [0.3, 0.4) is 0 Å². The Labute approximate surface area is 772 Å². The predicted octanol–water partition coefficient (Wildman–Crippen LogP) is 20.1. The van der Waals surface area contributed by atoms with Crippen molar-refractivity contribution in [3.63, 3.8) is 0 Å². The molecule has 0 amide bonds. The molecule has 4 aliphatic rings. The van der Waals surface area contributed by atoms with Crippen LogP contribution < -0.4 is 31.1 Å². The van der Waals surface area contributed by atoms with Crippen LogP contribution in [0.5, 0.6) is 0 Å². The topological polar surface area (TPSA) is 206 Å². The van der Waals surface area contributed by atoms with Gasteiger partial charge in [0.1, 0.15) is 42.3 Å². The fourth-order valence-corrected chi connectivity index (χ4v) is 34.7. The fourth-order valence-electron chi connectivity index (χ4n) is 19.7. The lowest BCUT2D eigenvalue weighted by atomic mass is 9.79. The number of aromatic nitrogens is 2. The molecule has 6 aromatic carbocycles. The van der Waals surface area contributed by atoms with Gasteiger partial charge in [0, 0.05) is 79.7 Å². The SMILES string of the molecule is C=C1C[C@H](C[C@@H]2C[C@@H](O[Si](c3ccccc3)(c3ccccc3)C(C)(C)C)C[C@H](c3coc(/C=C/C[C@H]4O[C@@H](/C(C)=C/c5coc(C[C@]6(OC)C[C@H](OC)C[C@H]([C@@H](/C=C(C)/C=C/[C@@H](C/C=C/Br)OC)O[Si](c7ccccc7)(c7ccccc7)C(C)(C)C)O6)n5)[C@H](C)[C@@H](OC(=O)CP(=O)(OC)OC)[C@H]4C)n3)O2)O[C@@H](CCO[Si](c2ccccc2)(c2ccccc2)C(C)(C)C)C1. The maximum atomic E-state index is 14.0. The Morgan fingerprint density at radius 3 is 1.71 bits per heavy atom. The summed E-state index contributed by atoms with van der Waals surface area (Å²) >= 11 is 3.42. The third-order valence-electron chi connectivity index (χ3n) is 26.1. The summed E-state index contributed by atoms with van der Waals surface area (Å²) in [6.45, 7) is 33.9. The number of methoxy groups -OCH3 is 3. The highest BCUT2D eigenvalue weighted by Gasteiger charge is 2.57. The van der Waals surface area contributed by atoms with E-state index >= 15 is 0 Å². The zero-order valence-electron chi connectivity index (χ0n) is 78.2. The summed E-state index contributed by atoms with van der Waals surface area (Å²) in [5, 5.41) is 6.32.